The van der Waals surface area contributed by atoms with Gasteiger partial charge in [-0.25, -0.2) is 4.98 Å². The molecule has 0 fully saturated rings. The molecule has 4 aromatic rings. The van der Waals surface area contributed by atoms with Crippen molar-refractivity contribution in [2.24, 2.45) is 0 Å². The molecule has 194 valence electrons. The Morgan fingerprint density at radius 1 is 1.05 bits per heavy atom. The summed E-state index contributed by atoms with van der Waals surface area (Å²) in [6, 6.07) is 10.6. The molecule has 0 unspecified atom stereocenters. The number of fused-ring (bicyclic) bond motifs is 1. The minimum absolute atomic E-state index is 0.00830. The van der Waals surface area contributed by atoms with Gasteiger partial charge in [-0.2, -0.15) is 18.2 Å². The molecule has 0 spiro atoms. The fourth-order valence-electron chi connectivity index (χ4n) is 3.24. The van der Waals surface area contributed by atoms with Gasteiger partial charge in [-0.1, -0.05) is 40.5 Å². The lowest BCUT2D eigenvalue weighted by Crippen LogP contribution is -2.36. The lowest BCUT2D eigenvalue weighted by molar-refractivity contribution is -0.146. The zero-order valence-electron chi connectivity index (χ0n) is 18.7. The summed E-state index contributed by atoms with van der Waals surface area (Å²) >= 11 is 11.8. The summed E-state index contributed by atoms with van der Waals surface area (Å²) in [6.45, 7) is -0.668. The molecule has 0 radical (unpaired) electrons. The van der Waals surface area contributed by atoms with E-state index < -0.39 is 36.3 Å². The summed E-state index contributed by atoms with van der Waals surface area (Å²) in [4.78, 5) is 31.7. The maximum atomic E-state index is 13.5. The molecule has 37 heavy (non-hydrogen) atoms. The zero-order valence-corrected chi connectivity index (χ0v) is 20.2. The number of hydrogen-bond donors (Lipinski definition) is 2. The molecule has 10 nitrogen and oxygen atoms in total. The molecule has 0 atom stereocenters. The summed E-state index contributed by atoms with van der Waals surface area (Å²) in [7, 11) is 0. The predicted octanol–water partition coefficient (Wildman–Crippen LogP) is 3.72. The van der Waals surface area contributed by atoms with E-state index in [1.165, 1.54) is 24.3 Å². The summed E-state index contributed by atoms with van der Waals surface area (Å²) < 4.78 is 51.5. The van der Waals surface area contributed by atoms with Gasteiger partial charge in [0.05, 0.1) is 22.6 Å². The van der Waals surface area contributed by atoms with Gasteiger partial charge in [0.15, 0.2) is 12.4 Å². The van der Waals surface area contributed by atoms with Gasteiger partial charge in [-0.05, 0) is 30.3 Å². The van der Waals surface area contributed by atoms with Crippen molar-refractivity contribution in [3.05, 3.63) is 70.0 Å². The molecule has 2 aromatic heterocycles. The first-order chi connectivity index (χ1) is 17.6. The number of rotatable bonds is 9. The summed E-state index contributed by atoms with van der Waals surface area (Å²) in [5.74, 6) is -2.66. The molecule has 0 aliphatic rings. The van der Waals surface area contributed by atoms with Crippen molar-refractivity contribution in [3.8, 4) is 5.75 Å². The molecular weight excluding hydrogens is 540 g/mol. The zero-order chi connectivity index (χ0) is 26.6. The van der Waals surface area contributed by atoms with Crippen LogP contribution in [0.1, 0.15) is 22.3 Å². The highest BCUT2D eigenvalue weighted by molar-refractivity contribution is 6.35. The maximum Gasteiger partial charge on any atom is 0.449 e. The van der Waals surface area contributed by atoms with Gasteiger partial charge in [0.2, 0.25) is 5.82 Å². The molecule has 2 N–H and O–H groups in total. The van der Waals surface area contributed by atoms with Gasteiger partial charge in [0.25, 0.3) is 5.91 Å². The SMILES string of the molecule is O=C(COc1ccc(Cl)cc1Cl)NCCNC(=O)c1nc(Cn2c(C(F)(F)F)nc3ccccc32)no1. The largest absolute Gasteiger partial charge is 0.482 e. The topological polar surface area (TPSA) is 124 Å². The normalized spacial score (nSPS) is 11.5. The summed E-state index contributed by atoms with van der Waals surface area (Å²) in [6.07, 6.45) is -4.71. The molecule has 2 heterocycles. The Labute approximate surface area is 216 Å². The third-order valence-electron chi connectivity index (χ3n) is 4.86. The first kappa shape index (κ1) is 26.2. The van der Waals surface area contributed by atoms with Crippen molar-refractivity contribution >= 4 is 46.0 Å². The van der Waals surface area contributed by atoms with E-state index in [4.69, 9.17) is 32.5 Å². The van der Waals surface area contributed by atoms with Crippen molar-refractivity contribution in [1.82, 2.24) is 30.3 Å². The van der Waals surface area contributed by atoms with Crippen LogP contribution in [-0.4, -0.2) is 51.2 Å². The molecule has 2 aromatic carbocycles. The number of ether oxygens (including phenoxy) is 1. The highest BCUT2D eigenvalue weighted by Crippen LogP contribution is 2.32. The molecular formula is C22H17Cl2F3N6O4. The van der Waals surface area contributed by atoms with Gasteiger partial charge in [0, 0.05) is 18.1 Å². The average Bonchev–Trinajstić information content (AvgIpc) is 3.47. The monoisotopic (exact) mass is 556 g/mol. The van der Waals surface area contributed by atoms with E-state index in [1.807, 2.05) is 0 Å². The van der Waals surface area contributed by atoms with Crippen molar-refractivity contribution in [2.45, 2.75) is 12.7 Å². The van der Waals surface area contributed by atoms with Gasteiger partial charge in [-0.3, -0.25) is 9.59 Å². The predicted molar refractivity (Wildman–Crippen MR) is 125 cm³/mol. The Hall–Kier alpha value is -3.84. The molecule has 4 rings (SSSR count). The molecule has 0 aliphatic carbocycles. The van der Waals surface area contributed by atoms with Crippen LogP contribution in [0.5, 0.6) is 5.75 Å². The third-order valence-corrected chi connectivity index (χ3v) is 5.39. The molecule has 0 bridgehead atoms. The molecule has 15 heteroatoms. The number of halogens is 5. The van der Waals surface area contributed by atoms with Crippen LogP contribution in [0, 0.1) is 0 Å². The molecule has 0 saturated carbocycles. The second-order valence-corrected chi connectivity index (χ2v) is 8.34. The van der Waals surface area contributed by atoms with E-state index >= 15 is 0 Å². The van der Waals surface area contributed by atoms with Crippen LogP contribution >= 0.6 is 23.2 Å². The summed E-state index contributed by atoms with van der Waals surface area (Å²) in [5.41, 5.74) is 0.378. The summed E-state index contributed by atoms with van der Waals surface area (Å²) in [5, 5.41) is 9.26. The number of carbonyl (C=O) groups excluding carboxylic acids is 2. The van der Waals surface area contributed by atoms with Crippen LogP contribution in [0.2, 0.25) is 10.0 Å². The van der Waals surface area contributed by atoms with Crippen molar-refractivity contribution in [3.63, 3.8) is 0 Å². The fraction of sp³-hybridized carbons (Fsp3) is 0.227. The van der Waals surface area contributed by atoms with Crippen molar-refractivity contribution < 1.29 is 32.0 Å². The van der Waals surface area contributed by atoms with E-state index in [2.05, 4.69) is 25.8 Å². The van der Waals surface area contributed by atoms with Gasteiger partial charge in [0.1, 0.15) is 5.75 Å². The first-order valence-electron chi connectivity index (χ1n) is 10.6. The van der Waals surface area contributed by atoms with Gasteiger partial charge < -0.3 is 24.5 Å². The Bertz CT molecular complexity index is 1440. The van der Waals surface area contributed by atoms with Crippen LogP contribution < -0.4 is 15.4 Å². The number of nitrogens with one attached hydrogen (secondary N) is 2. The quantitative estimate of drug-likeness (QED) is 0.301. The van der Waals surface area contributed by atoms with E-state index in [0.717, 1.165) is 4.57 Å². The van der Waals surface area contributed by atoms with Crippen molar-refractivity contribution in [1.29, 1.82) is 0 Å². The van der Waals surface area contributed by atoms with Crippen LogP contribution in [0.25, 0.3) is 11.0 Å². The van der Waals surface area contributed by atoms with E-state index in [-0.39, 0.29) is 47.3 Å². The number of carbonyl (C=O) groups is 2. The van der Waals surface area contributed by atoms with Gasteiger partial charge >= 0.3 is 18.0 Å². The smallest absolute Gasteiger partial charge is 0.449 e. The average molecular weight is 557 g/mol. The van der Waals surface area contributed by atoms with Gasteiger partial charge in [-0.15, -0.1) is 0 Å². The van der Waals surface area contributed by atoms with Crippen LogP contribution in [-0.2, 0) is 17.5 Å². The van der Waals surface area contributed by atoms with Crippen molar-refractivity contribution in [2.75, 3.05) is 19.7 Å². The minimum atomic E-state index is -4.71. The lowest BCUT2D eigenvalue weighted by atomic mass is 10.3. The molecule has 0 saturated heterocycles. The number of amides is 2. The lowest BCUT2D eigenvalue weighted by Gasteiger charge is -2.09. The van der Waals surface area contributed by atoms with E-state index in [9.17, 15) is 22.8 Å². The van der Waals surface area contributed by atoms with E-state index in [1.54, 1.807) is 18.2 Å². The number of aromatic nitrogens is 4. The Balaban J connectivity index is 1.27. The second kappa shape index (κ2) is 11.0. The first-order valence-corrected chi connectivity index (χ1v) is 11.3. The van der Waals surface area contributed by atoms with E-state index in [0.29, 0.717) is 5.02 Å². The van der Waals surface area contributed by atoms with Crippen LogP contribution in [0.3, 0.4) is 0 Å². The fourth-order valence-corrected chi connectivity index (χ4v) is 3.71. The number of alkyl halides is 3. The minimum Gasteiger partial charge on any atom is -0.482 e. The molecule has 0 aliphatic heterocycles. The highest BCUT2D eigenvalue weighted by atomic mass is 35.5. The number of hydrogen-bond acceptors (Lipinski definition) is 7. The Morgan fingerprint density at radius 3 is 2.57 bits per heavy atom. The second-order valence-electron chi connectivity index (χ2n) is 7.49. The Kier molecular flexibility index (Phi) is 7.83. The van der Waals surface area contributed by atoms with Crippen LogP contribution in [0.15, 0.2) is 47.0 Å². The number of imidazole rings is 1. The molecule has 2 amide bonds. The third kappa shape index (κ3) is 6.49. The Morgan fingerprint density at radius 2 is 1.81 bits per heavy atom. The maximum absolute atomic E-state index is 13.5. The number of nitrogens with zero attached hydrogens (tertiary/aromatic N) is 4. The standard InChI is InChI=1S/C22H17Cl2F3N6O4/c23-12-5-6-16(13(24)9-12)36-11-18(34)28-7-8-29-19(35)20-31-17(32-37-20)10-33-15-4-2-1-3-14(15)30-21(33)22(25,26)27/h1-6,9H,7-8,10-11H2,(H,28,34)(H,29,35). The highest BCUT2D eigenvalue weighted by Gasteiger charge is 2.38. The number of para-hydroxylation sites is 2. The van der Waals surface area contributed by atoms with Crippen LogP contribution in [0.4, 0.5) is 13.2 Å². The number of benzene rings is 2.